The van der Waals surface area contributed by atoms with Gasteiger partial charge in [0.25, 0.3) is 0 Å². The van der Waals surface area contributed by atoms with E-state index in [-0.39, 0.29) is 0 Å². The van der Waals surface area contributed by atoms with Crippen molar-refractivity contribution in [2.45, 2.75) is 33.0 Å². The molecule has 1 aromatic carbocycles. The maximum Gasteiger partial charge on any atom is 0.341 e. The maximum absolute atomic E-state index is 11.7. The smallest absolute Gasteiger partial charge is 0.341 e. The third-order valence-electron chi connectivity index (χ3n) is 4.28. The zero-order valence-corrected chi connectivity index (χ0v) is 15.9. The summed E-state index contributed by atoms with van der Waals surface area (Å²) in [5.74, 6) is 1.37. The van der Waals surface area contributed by atoms with Gasteiger partial charge < -0.3 is 19.1 Å². The van der Waals surface area contributed by atoms with Crippen molar-refractivity contribution in [1.29, 1.82) is 0 Å². The number of ether oxygens (including phenoxy) is 3. The number of rotatable bonds is 6. The first kappa shape index (κ1) is 19.1. The summed E-state index contributed by atoms with van der Waals surface area (Å²) in [6.45, 7) is 8.07. The number of morpholine rings is 1. The van der Waals surface area contributed by atoms with Crippen LogP contribution in [0.1, 0.15) is 42.6 Å². The first-order valence-corrected chi connectivity index (χ1v) is 9.19. The number of aromatic nitrogens is 2. The second-order valence-electron chi connectivity index (χ2n) is 6.58. The average Bonchev–Trinajstić information content (AvgIpc) is 2.69. The van der Waals surface area contributed by atoms with E-state index in [0.29, 0.717) is 43.7 Å². The molecule has 1 aliphatic heterocycles. The van der Waals surface area contributed by atoms with E-state index < -0.39 is 12.3 Å². The van der Waals surface area contributed by atoms with Gasteiger partial charge in [-0.05, 0) is 30.5 Å². The van der Waals surface area contributed by atoms with Gasteiger partial charge in [0.05, 0.1) is 25.3 Å². The number of carbonyl (C=O) groups excluding carboxylic acids is 1. The van der Waals surface area contributed by atoms with Crippen LogP contribution in [0, 0.1) is 0 Å². The highest BCUT2D eigenvalue weighted by Gasteiger charge is 2.24. The number of carbonyl (C=O) groups is 1. The monoisotopic (exact) mass is 371 g/mol. The lowest BCUT2D eigenvalue weighted by Gasteiger charge is -2.32. The molecule has 2 aromatic rings. The minimum Gasteiger partial charge on any atom is -0.463 e. The summed E-state index contributed by atoms with van der Waals surface area (Å²) in [5, 5.41) is 0. The predicted molar refractivity (Wildman–Crippen MR) is 101 cm³/mol. The Morgan fingerprint density at radius 1 is 1.26 bits per heavy atom. The van der Waals surface area contributed by atoms with Crippen LogP contribution in [0.2, 0.25) is 0 Å². The third kappa shape index (κ3) is 4.95. The molecule has 7 heteroatoms. The molecule has 0 amide bonds. The van der Waals surface area contributed by atoms with E-state index >= 15 is 0 Å². The second kappa shape index (κ2) is 8.81. The van der Waals surface area contributed by atoms with E-state index in [2.05, 4.69) is 35.9 Å². The number of hydrogen-bond donors (Lipinski definition) is 0. The first-order chi connectivity index (χ1) is 13.1. The number of benzene rings is 1. The topological polar surface area (TPSA) is 73.8 Å². The van der Waals surface area contributed by atoms with Crippen LogP contribution in [-0.4, -0.2) is 48.5 Å². The van der Waals surface area contributed by atoms with Crippen molar-refractivity contribution in [3.63, 3.8) is 0 Å². The molecule has 2 heterocycles. The first-order valence-electron chi connectivity index (χ1n) is 9.19. The van der Waals surface area contributed by atoms with Gasteiger partial charge in [-0.25, -0.2) is 14.8 Å². The molecule has 0 N–H and O–H groups in total. The van der Waals surface area contributed by atoms with Gasteiger partial charge in [-0.3, -0.25) is 0 Å². The Labute approximate surface area is 159 Å². The molecule has 1 fully saturated rings. The van der Waals surface area contributed by atoms with Crippen LogP contribution in [0.4, 0.5) is 5.95 Å². The minimum atomic E-state index is -0.419. The molecule has 0 radical (unpaired) electrons. The van der Waals surface area contributed by atoms with Crippen molar-refractivity contribution < 1.29 is 19.0 Å². The van der Waals surface area contributed by atoms with E-state index in [9.17, 15) is 4.79 Å². The summed E-state index contributed by atoms with van der Waals surface area (Å²) in [4.78, 5) is 22.2. The summed E-state index contributed by atoms with van der Waals surface area (Å²) >= 11 is 0. The van der Waals surface area contributed by atoms with Crippen LogP contribution in [0.25, 0.3) is 0 Å². The molecular formula is C20H25N3O4. The Hall–Kier alpha value is -2.67. The molecule has 3 rings (SSSR count). The highest BCUT2D eigenvalue weighted by Crippen LogP contribution is 2.21. The molecule has 0 aliphatic carbocycles. The standard InChI is InChI=1S/C20H25N3O4/c1-4-25-19(24)16-11-21-20(22-12-16)23-9-10-26-18(13-23)27-17-7-5-15(6-8-17)14(2)3/h5-8,11-12,14,18H,4,9-10,13H2,1-3H3. The number of esters is 1. The Morgan fingerprint density at radius 2 is 1.96 bits per heavy atom. The van der Waals surface area contributed by atoms with Gasteiger partial charge in [0.15, 0.2) is 0 Å². The van der Waals surface area contributed by atoms with Gasteiger partial charge in [-0.1, -0.05) is 26.0 Å². The van der Waals surface area contributed by atoms with Crippen LogP contribution < -0.4 is 9.64 Å². The van der Waals surface area contributed by atoms with Gasteiger partial charge in [0.2, 0.25) is 12.2 Å². The Balaban J connectivity index is 1.61. The lowest BCUT2D eigenvalue weighted by atomic mass is 10.0. The summed E-state index contributed by atoms with van der Waals surface area (Å²) in [5.41, 5.74) is 1.61. The molecule has 0 saturated carbocycles. The molecule has 1 atom stereocenters. The van der Waals surface area contributed by atoms with Gasteiger partial charge in [-0.2, -0.15) is 0 Å². The number of nitrogens with zero attached hydrogens (tertiary/aromatic N) is 3. The predicted octanol–water partition coefficient (Wildman–Crippen LogP) is 3.02. The van der Waals surface area contributed by atoms with Crippen LogP contribution in [0.15, 0.2) is 36.7 Å². The number of hydrogen-bond acceptors (Lipinski definition) is 7. The Morgan fingerprint density at radius 3 is 2.59 bits per heavy atom. The molecule has 27 heavy (non-hydrogen) atoms. The molecule has 1 saturated heterocycles. The van der Waals surface area contributed by atoms with Gasteiger partial charge in [0, 0.05) is 18.9 Å². The molecule has 7 nitrogen and oxygen atoms in total. The SMILES string of the molecule is CCOC(=O)c1cnc(N2CCOC(Oc3ccc(C(C)C)cc3)C2)nc1. The van der Waals surface area contributed by atoms with Crippen molar-refractivity contribution in [2.24, 2.45) is 0 Å². The van der Waals surface area contributed by atoms with Crippen molar-refractivity contribution in [3.05, 3.63) is 47.8 Å². The van der Waals surface area contributed by atoms with E-state index in [1.54, 1.807) is 6.92 Å². The Kier molecular flexibility index (Phi) is 6.24. The normalized spacial score (nSPS) is 17.0. The summed E-state index contributed by atoms with van der Waals surface area (Å²) in [7, 11) is 0. The van der Waals surface area contributed by atoms with E-state index in [1.807, 2.05) is 17.0 Å². The molecule has 1 unspecified atom stereocenters. The van der Waals surface area contributed by atoms with Crippen LogP contribution >= 0.6 is 0 Å². The largest absolute Gasteiger partial charge is 0.463 e. The second-order valence-corrected chi connectivity index (χ2v) is 6.58. The molecule has 1 aromatic heterocycles. The summed E-state index contributed by atoms with van der Waals surface area (Å²) in [6, 6.07) is 8.06. The lowest BCUT2D eigenvalue weighted by Crippen LogP contribution is -2.45. The molecule has 144 valence electrons. The Bertz CT molecular complexity index is 747. The average molecular weight is 371 g/mol. The zero-order valence-electron chi connectivity index (χ0n) is 15.9. The van der Waals surface area contributed by atoms with Gasteiger partial charge >= 0.3 is 5.97 Å². The highest BCUT2D eigenvalue weighted by molar-refractivity contribution is 5.88. The molecule has 1 aliphatic rings. The van der Waals surface area contributed by atoms with Crippen molar-refractivity contribution >= 4 is 11.9 Å². The number of anilines is 1. The quantitative estimate of drug-likeness (QED) is 0.723. The zero-order chi connectivity index (χ0) is 19.2. The van der Waals surface area contributed by atoms with Crippen LogP contribution in [0.3, 0.4) is 0 Å². The third-order valence-corrected chi connectivity index (χ3v) is 4.28. The lowest BCUT2D eigenvalue weighted by molar-refractivity contribution is -0.0866. The minimum absolute atomic E-state index is 0.321. The van der Waals surface area contributed by atoms with E-state index in [1.165, 1.54) is 18.0 Å². The van der Waals surface area contributed by atoms with Crippen molar-refractivity contribution in [3.8, 4) is 5.75 Å². The van der Waals surface area contributed by atoms with Crippen LogP contribution in [-0.2, 0) is 9.47 Å². The fourth-order valence-electron chi connectivity index (χ4n) is 2.76. The fourth-order valence-corrected chi connectivity index (χ4v) is 2.76. The molecule has 0 bridgehead atoms. The fraction of sp³-hybridized carbons (Fsp3) is 0.450. The van der Waals surface area contributed by atoms with Gasteiger partial charge in [0.1, 0.15) is 5.75 Å². The maximum atomic E-state index is 11.7. The van der Waals surface area contributed by atoms with Crippen molar-refractivity contribution in [2.75, 3.05) is 31.2 Å². The van der Waals surface area contributed by atoms with E-state index in [0.717, 1.165) is 5.75 Å². The highest BCUT2D eigenvalue weighted by atomic mass is 16.7. The van der Waals surface area contributed by atoms with Gasteiger partial charge in [-0.15, -0.1) is 0 Å². The van der Waals surface area contributed by atoms with E-state index in [4.69, 9.17) is 14.2 Å². The molecule has 0 spiro atoms. The van der Waals surface area contributed by atoms with Crippen LogP contribution in [0.5, 0.6) is 5.75 Å². The summed E-state index contributed by atoms with van der Waals surface area (Å²) < 4.78 is 16.6. The summed E-state index contributed by atoms with van der Waals surface area (Å²) in [6.07, 6.45) is 2.56. The molecular weight excluding hydrogens is 346 g/mol. The van der Waals surface area contributed by atoms with Crippen molar-refractivity contribution in [1.82, 2.24) is 9.97 Å².